The van der Waals surface area contributed by atoms with E-state index in [4.69, 9.17) is 4.74 Å². The van der Waals surface area contributed by atoms with E-state index in [1.54, 1.807) is 13.2 Å². The van der Waals surface area contributed by atoms with Crippen LogP contribution in [-0.4, -0.2) is 49.1 Å². The van der Waals surface area contributed by atoms with Gasteiger partial charge < -0.3 is 15.0 Å². The van der Waals surface area contributed by atoms with E-state index in [1.165, 1.54) is 0 Å². The number of aromatic nitrogens is 1. The predicted molar refractivity (Wildman–Crippen MR) is 88.4 cm³/mol. The Morgan fingerprint density at radius 1 is 1.27 bits per heavy atom. The number of amides is 1. The van der Waals surface area contributed by atoms with E-state index in [2.05, 4.69) is 29.0 Å². The molecule has 0 saturated carbocycles. The second-order valence-corrected chi connectivity index (χ2v) is 5.01. The summed E-state index contributed by atoms with van der Waals surface area (Å²) in [4.78, 5) is 19.1. The molecular weight excluding hydrogens is 278 g/mol. The van der Waals surface area contributed by atoms with Crippen molar-refractivity contribution in [2.45, 2.75) is 13.8 Å². The van der Waals surface area contributed by atoms with Crippen molar-refractivity contribution in [1.29, 1.82) is 0 Å². The zero-order valence-corrected chi connectivity index (χ0v) is 13.4. The number of methoxy groups -OCH3 is 1. The SMILES string of the molecule is CCN(CC)CCNC(=O)c1cc(OC)nc2ccccc12. The number of carbonyl (C=O) groups excluding carboxylic acids is 1. The summed E-state index contributed by atoms with van der Waals surface area (Å²) in [5.74, 6) is 0.358. The fraction of sp³-hybridized carbons (Fsp3) is 0.412. The number of hydrogen-bond donors (Lipinski definition) is 1. The topological polar surface area (TPSA) is 54.5 Å². The van der Waals surface area contributed by atoms with Crippen LogP contribution in [0.3, 0.4) is 0 Å². The molecule has 0 unspecified atom stereocenters. The predicted octanol–water partition coefficient (Wildman–Crippen LogP) is 2.31. The number of nitrogens with zero attached hydrogens (tertiary/aromatic N) is 2. The molecule has 0 fully saturated rings. The number of carbonyl (C=O) groups is 1. The van der Waals surface area contributed by atoms with E-state index in [0.717, 1.165) is 30.5 Å². The summed E-state index contributed by atoms with van der Waals surface area (Å²) >= 11 is 0. The molecule has 0 spiro atoms. The number of pyridine rings is 1. The van der Waals surface area contributed by atoms with Crippen LogP contribution in [-0.2, 0) is 0 Å². The number of nitrogens with one attached hydrogen (secondary N) is 1. The van der Waals surface area contributed by atoms with Gasteiger partial charge in [0, 0.05) is 24.5 Å². The molecule has 0 aliphatic carbocycles. The number of benzene rings is 1. The second-order valence-electron chi connectivity index (χ2n) is 5.01. The smallest absolute Gasteiger partial charge is 0.252 e. The van der Waals surface area contributed by atoms with Gasteiger partial charge in [0.15, 0.2) is 0 Å². The molecule has 118 valence electrons. The first-order chi connectivity index (χ1) is 10.7. The molecule has 22 heavy (non-hydrogen) atoms. The molecule has 5 heteroatoms. The lowest BCUT2D eigenvalue weighted by molar-refractivity contribution is 0.0950. The number of ether oxygens (including phenoxy) is 1. The molecule has 0 bridgehead atoms. The maximum Gasteiger partial charge on any atom is 0.252 e. The number of fused-ring (bicyclic) bond motifs is 1. The van der Waals surface area contributed by atoms with Gasteiger partial charge in [-0.05, 0) is 19.2 Å². The van der Waals surface area contributed by atoms with Gasteiger partial charge in [-0.1, -0.05) is 32.0 Å². The van der Waals surface area contributed by atoms with Crippen molar-refractivity contribution in [2.75, 3.05) is 33.3 Å². The van der Waals surface area contributed by atoms with Gasteiger partial charge in [0.2, 0.25) is 5.88 Å². The summed E-state index contributed by atoms with van der Waals surface area (Å²) in [7, 11) is 1.55. The largest absolute Gasteiger partial charge is 0.481 e. The Morgan fingerprint density at radius 3 is 2.68 bits per heavy atom. The van der Waals surface area contributed by atoms with Crippen LogP contribution in [0.5, 0.6) is 5.88 Å². The van der Waals surface area contributed by atoms with Gasteiger partial charge in [0.25, 0.3) is 5.91 Å². The molecule has 0 atom stereocenters. The Morgan fingerprint density at radius 2 is 2.00 bits per heavy atom. The molecule has 1 heterocycles. The third-order valence-corrected chi connectivity index (χ3v) is 3.75. The fourth-order valence-corrected chi connectivity index (χ4v) is 2.41. The Hall–Kier alpha value is -2.14. The van der Waals surface area contributed by atoms with Crippen molar-refractivity contribution in [3.05, 3.63) is 35.9 Å². The van der Waals surface area contributed by atoms with Crippen molar-refractivity contribution in [2.24, 2.45) is 0 Å². The van der Waals surface area contributed by atoms with E-state index in [1.807, 2.05) is 24.3 Å². The van der Waals surface area contributed by atoms with Gasteiger partial charge in [-0.2, -0.15) is 0 Å². The first-order valence-corrected chi connectivity index (χ1v) is 7.63. The molecule has 0 aliphatic rings. The summed E-state index contributed by atoms with van der Waals surface area (Å²) < 4.78 is 5.19. The Bertz CT molecular complexity index is 639. The molecule has 1 amide bonds. The molecule has 0 saturated heterocycles. The van der Waals surface area contributed by atoms with E-state index in [-0.39, 0.29) is 5.91 Å². The third-order valence-electron chi connectivity index (χ3n) is 3.75. The van der Waals surface area contributed by atoms with E-state index in [9.17, 15) is 4.79 Å². The average Bonchev–Trinajstić information content (AvgIpc) is 2.57. The van der Waals surface area contributed by atoms with Crippen LogP contribution >= 0.6 is 0 Å². The molecule has 1 aromatic heterocycles. The summed E-state index contributed by atoms with van der Waals surface area (Å²) in [6.07, 6.45) is 0. The first-order valence-electron chi connectivity index (χ1n) is 7.63. The van der Waals surface area contributed by atoms with Gasteiger partial charge >= 0.3 is 0 Å². The first kappa shape index (κ1) is 16.2. The third kappa shape index (κ3) is 3.74. The number of hydrogen-bond acceptors (Lipinski definition) is 4. The number of para-hydroxylation sites is 1. The van der Waals surface area contributed by atoms with Gasteiger partial charge in [0.1, 0.15) is 0 Å². The second kappa shape index (κ2) is 7.75. The maximum atomic E-state index is 12.5. The number of likely N-dealkylation sites (N-methyl/N-ethyl adjacent to an activating group) is 1. The van der Waals surface area contributed by atoms with Crippen molar-refractivity contribution >= 4 is 16.8 Å². The lowest BCUT2D eigenvalue weighted by Gasteiger charge is -2.18. The Balaban J connectivity index is 2.16. The summed E-state index contributed by atoms with van der Waals surface area (Å²) in [5, 5.41) is 3.81. The van der Waals surface area contributed by atoms with Crippen LogP contribution < -0.4 is 10.1 Å². The monoisotopic (exact) mass is 301 g/mol. The van der Waals surface area contributed by atoms with E-state index >= 15 is 0 Å². The van der Waals surface area contributed by atoms with Crippen molar-refractivity contribution in [1.82, 2.24) is 15.2 Å². The van der Waals surface area contributed by atoms with Crippen LogP contribution in [0.15, 0.2) is 30.3 Å². The van der Waals surface area contributed by atoms with Crippen molar-refractivity contribution < 1.29 is 9.53 Å². The minimum Gasteiger partial charge on any atom is -0.481 e. The number of rotatable bonds is 7. The van der Waals surface area contributed by atoms with E-state index in [0.29, 0.717) is 18.0 Å². The molecule has 5 nitrogen and oxygen atoms in total. The molecule has 0 radical (unpaired) electrons. The van der Waals surface area contributed by atoms with Gasteiger partial charge in [0.05, 0.1) is 18.2 Å². The highest BCUT2D eigenvalue weighted by Gasteiger charge is 2.13. The van der Waals surface area contributed by atoms with Crippen LogP contribution in [0, 0.1) is 0 Å². The van der Waals surface area contributed by atoms with Crippen molar-refractivity contribution in [3.63, 3.8) is 0 Å². The van der Waals surface area contributed by atoms with Crippen LogP contribution in [0.1, 0.15) is 24.2 Å². The highest BCUT2D eigenvalue weighted by Crippen LogP contribution is 2.21. The average molecular weight is 301 g/mol. The summed E-state index contributed by atoms with van der Waals surface area (Å²) in [5.41, 5.74) is 1.36. The van der Waals surface area contributed by atoms with Crippen LogP contribution in [0.2, 0.25) is 0 Å². The zero-order valence-electron chi connectivity index (χ0n) is 13.4. The molecule has 0 aliphatic heterocycles. The lowest BCUT2D eigenvalue weighted by Crippen LogP contribution is -2.34. The molecule has 1 aromatic carbocycles. The summed E-state index contributed by atoms with van der Waals surface area (Å²) in [6.45, 7) is 7.67. The minimum absolute atomic E-state index is 0.0935. The maximum absolute atomic E-state index is 12.5. The highest BCUT2D eigenvalue weighted by atomic mass is 16.5. The lowest BCUT2D eigenvalue weighted by atomic mass is 10.1. The quantitative estimate of drug-likeness (QED) is 0.852. The van der Waals surface area contributed by atoms with Gasteiger partial charge in [-0.25, -0.2) is 4.98 Å². The molecular formula is C17H23N3O2. The van der Waals surface area contributed by atoms with Crippen molar-refractivity contribution in [3.8, 4) is 5.88 Å². The molecule has 2 aromatic rings. The van der Waals surface area contributed by atoms with Gasteiger partial charge in [-0.15, -0.1) is 0 Å². The highest BCUT2D eigenvalue weighted by molar-refractivity contribution is 6.06. The molecule has 2 rings (SSSR count). The van der Waals surface area contributed by atoms with Crippen LogP contribution in [0.25, 0.3) is 10.9 Å². The normalized spacial score (nSPS) is 10.9. The minimum atomic E-state index is -0.0935. The Kier molecular flexibility index (Phi) is 5.72. The Labute approximate surface area is 131 Å². The molecule has 1 N–H and O–H groups in total. The van der Waals surface area contributed by atoms with Crippen LogP contribution in [0.4, 0.5) is 0 Å². The zero-order chi connectivity index (χ0) is 15.9. The standard InChI is InChI=1S/C17H23N3O2/c1-4-20(5-2)11-10-18-17(21)14-12-16(22-3)19-15-9-7-6-8-13(14)15/h6-9,12H,4-5,10-11H2,1-3H3,(H,18,21). The van der Waals surface area contributed by atoms with E-state index < -0.39 is 0 Å². The summed E-state index contributed by atoms with van der Waals surface area (Å²) in [6, 6.07) is 9.28. The fourth-order valence-electron chi connectivity index (χ4n) is 2.41. The van der Waals surface area contributed by atoms with Gasteiger partial charge in [-0.3, -0.25) is 4.79 Å².